The molecule has 7 nitrogen and oxygen atoms in total. The van der Waals surface area contributed by atoms with E-state index in [0.29, 0.717) is 5.92 Å². The van der Waals surface area contributed by atoms with Crippen LogP contribution in [-0.2, 0) is 6.42 Å². The first-order valence-electron chi connectivity index (χ1n) is 12.3. The molecule has 0 aliphatic heterocycles. The number of carbonyl (C=O) groups excluding carboxylic acids is 1. The van der Waals surface area contributed by atoms with Gasteiger partial charge < -0.3 is 5.32 Å². The molecule has 36 heavy (non-hydrogen) atoms. The maximum Gasteiger partial charge on any atom is 0.275 e. The molecular formula is C28H26FN5O2. The Kier molecular flexibility index (Phi) is 5.71. The van der Waals surface area contributed by atoms with Crippen LogP contribution in [0.25, 0.3) is 5.69 Å². The van der Waals surface area contributed by atoms with Gasteiger partial charge in [-0.25, -0.2) is 13.7 Å². The third-order valence-electron chi connectivity index (χ3n) is 7.55. The van der Waals surface area contributed by atoms with Crippen LogP contribution < -0.4 is 5.32 Å². The molecule has 0 radical (unpaired) electrons. The number of halogens is 1. The van der Waals surface area contributed by atoms with Crippen LogP contribution in [0.15, 0.2) is 82.8 Å². The second kappa shape index (κ2) is 9.18. The lowest BCUT2D eigenvalue weighted by Crippen LogP contribution is -2.30. The van der Waals surface area contributed by atoms with Crippen molar-refractivity contribution in [2.75, 3.05) is 0 Å². The fourth-order valence-electron chi connectivity index (χ4n) is 5.88. The summed E-state index contributed by atoms with van der Waals surface area (Å²) in [7, 11) is 0. The van der Waals surface area contributed by atoms with Crippen LogP contribution in [-0.4, -0.2) is 26.0 Å². The summed E-state index contributed by atoms with van der Waals surface area (Å²) in [4.78, 5) is 12.8. The monoisotopic (exact) mass is 483 g/mol. The molecule has 2 aliphatic rings. The number of hydrogen-bond donors (Lipinski definition) is 1. The summed E-state index contributed by atoms with van der Waals surface area (Å²) in [6.07, 6.45) is 7.00. The number of benzene rings is 2. The molecular weight excluding hydrogens is 457 g/mol. The predicted molar refractivity (Wildman–Crippen MR) is 131 cm³/mol. The van der Waals surface area contributed by atoms with Crippen molar-refractivity contribution in [3.8, 4) is 5.69 Å². The number of aromatic nitrogens is 4. The van der Waals surface area contributed by atoms with Crippen molar-refractivity contribution in [3.05, 3.63) is 106 Å². The zero-order chi connectivity index (χ0) is 24.6. The fourth-order valence-corrected chi connectivity index (χ4v) is 5.88. The lowest BCUT2D eigenvalue weighted by Gasteiger charge is -2.29. The Labute approximate surface area is 208 Å². The van der Waals surface area contributed by atoms with Crippen LogP contribution in [0.3, 0.4) is 0 Å². The van der Waals surface area contributed by atoms with Crippen molar-refractivity contribution in [2.45, 2.75) is 44.6 Å². The number of amides is 1. The van der Waals surface area contributed by atoms with Crippen molar-refractivity contribution in [3.63, 3.8) is 0 Å². The second-order valence-electron chi connectivity index (χ2n) is 9.59. The Morgan fingerprint density at radius 2 is 1.97 bits per heavy atom. The smallest absolute Gasteiger partial charge is 0.275 e. The molecule has 2 aromatic heterocycles. The van der Waals surface area contributed by atoms with Gasteiger partial charge in [0.05, 0.1) is 23.6 Å². The third kappa shape index (κ3) is 4.02. The molecule has 1 amide bonds. The van der Waals surface area contributed by atoms with Gasteiger partial charge in [0.15, 0.2) is 5.69 Å². The number of carbonyl (C=O) groups is 1. The highest BCUT2D eigenvalue weighted by Crippen LogP contribution is 2.49. The topological polar surface area (TPSA) is 85.8 Å². The molecule has 6 rings (SSSR count). The van der Waals surface area contributed by atoms with E-state index in [1.54, 1.807) is 12.1 Å². The van der Waals surface area contributed by atoms with Crippen molar-refractivity contribution >= 4 is 5.91 Å². The summed E-state index contributed by atoms with van der Waals surface area (Å²) < 4.78 is 20.0. The van der Waals surface area contributed by atoms with Gasteiger partial charge in [-0.2, -0.15) is 5.10 Å². The van der Waals surface area contributed by atoms with E-state index in [1.165, 1.54) is 40.7 Å². The highest BCUT2D eigenvalue weighted by Gasteiger charge is 2.37. The third-order valence-corrected chi connectivity index (χ3v) is 7.55. The molecule has 0 bridgehead atoms. The summed E-state index contributed by atoms with van der Waals surface area (Å²) in [5, 5.41) is 15.1. The average molecular weight is 484 g/mol. The Morgan fingerprint density at radius 1 is 1.17 bits per heavy atom. The highest BCUT2D eigenvalue weighted by atomic mass is 19.1. The van der Waals surface area contributed by atoms with Gasteiger partial charge in [-0.3, -0.25) is 4.79 Å². The van der Waals surface area contributed by atoms with Gasteiger partial charge in [-0.05, 0) is 60.2 Å². The average Bonchev–Trinajstić information content (AvgIpc) is 3.66. The van der Waals surface area contributed by atoms with E-state index in [9.17, 15) is 9.18 Å². The molecule has 182 valence electrons. The van der Waals surface area contributed by atoms with Gasteiger partial charge in [-0.15, -0.1) is 0 Å². The van der Waals surface area contributed by atoms with E-state index in [0.717, 1.165) is 36.9 Å². The molecule has 2 aliphatic carbocycles. The zero-order valence-electron chi connectivity index (χ0n) is 19.9. The van der Waals surface area contributed by atoms with Gasteiger partial charge in [0.1, 0.15) is 12.0 Å². The largest absolute Gasteiger partial charge is 0.344 e. The fraction of sp³-hybridized carbons (Fsp3) is 0.286. The van der Waals surface area contributed by atoms with Crippen molar-refractivity contribution < 1.29 is 13.8 Å². The zero-order valence-corrected chi connectivity index (χ0v) is 19.9. The van der Waals surface area contributed by atoms with E-state index >= 15 is 0 Å². The first-order valence-corrected chi connectivity index (χ1v) is 12.3. The molecule has 2 aromatic carbocycles. The van der Waals surface area contributed by atoms with Gasteiger partial charge >= 0.3 is 0 Å². The Bertz CT molecular complexity index is 1410. The summed E-state index contributed by atoms with van der Waals surface area (Å²) in [5.41, 5.74) is 7.44. The van der Waals surface area contributed by atoms with E-state index in [2.05, 4.69) is 32.3 Å². The summed E-state index contributed by atoms with van der Waals surface area (Å²) in [5.74, 6) is 0.0316. The molecule has 0 saturated heterocycles. The minimum absolute atomic E-state index is 0.164. The van der Waals surface area contributed by atoms with Crippen LogP contribution in [0.4, 0.5) is 4.39 Å². The normalized spacial score (nSPS) is 19.6. The molecule has 1 N–H and O–H groups in total. The number of nitrogens with zero attached hydrogens (tertiary/aromatic N) is 4. The molecule has 8 heteroatoms. The SMILES string of the molecule is C[C@@H]1C2=C(CC[C@@H]2CC(NC(=O)c2cnon2)c2ccccc2)Cc2c1cnn2-c1ccc(F)cc1. The number of hydrogen-bond acceptors (Lipinski definition) is 5. The lowest BCUT2D eigenvalue weighted by atomic mass is 9.77. The molecule has 4 aromatic rings. The van der Waals surface area contributed by atoms with Crippen LogP contribution in [0.1, 0.15) is 65.5 Å². The van der Waals surface area contributed by atoms with Gasteiger partial charge in [-0.1, -0.05) is 53.6 Å². The van der Waals surface area contributed by atoms with E-state index < -0.39 is 0 Å². The Hall–Kier alpha value is -4.07. The molecule has 1 unspecified atom stereocenters. The number of allylic oxidation sites excluding steroid dienone is 2. The molecule has 0 spiro atoms. The Balaban J connectivity index is 1.27. The standard InChI is InChI=1S/C28H26FN5O2/c1-17-23-15-30-34(22-11-9-21(29)10-12-22)26(23)14-20-8-7-19(27(17)20)13-24(18-5-3-2-4-6-18)32-28(35)25-16-31-36-33-25/h2-6,9-12,15-17,19,24H,7-8,13-14H2,1H3,(H,32,35)/t17-,19+,24?/m0/s1. The summed E-state index contributed by atoms with van der Waals surface area (Å²) >= 11 is 0. The molecule has 3 atom stereocenters. The van der Waals surface area contributed by atoms with Crippen LogP contribution in [0.5, 0.6) is 0 Å². The van der Waals surface area contributed by atoms with Gasteiger partial charge in [0, 0.05) is 17.9 Å². The summed E-state index contributed by atoms with van der Waals surface area (Å²) in [6, 6.07) is 16.4. The minimum Gasteiger partial charge on any atom is -0.344 e. The second-order valence-corrected chi connectivity index (χ2v) is 9.59. The van der Waals surface area contributed by atoms with E-state index in [-0.39, 0.29) is 29.4 Å². The quantitative estimate of drug-likeness (QED) is 0.375. The highest BCUT2D eigenvalue weighted by molar-refractivity contribution is 5.92. The minimum atomic E-state index is -0.295. The first kappa shape index (κ1) is 22.4. The predicted octanol–water partition coefficient (Wildman–Crippen LogP) is 5.32. The van der Waals surface area contributed by atoms with Crippen LogP contribution >= 0.6 is 0 Å². The van der Waals surface area contributed by atoms with Gasteiger partial charge in [0.2, 0.25) is 0 Å². The number of rotatable bonds is 6. The van der Waals surface area contributed by atoms with Crippen LogP contribution in [0.2, 0.25) is 0 Å². The van der Waals surface area contributed by atoms with E-state index in [4.69, 9.17) is 0 Å². The molecule has 0 fully saturated rings. The summed E-state index contributed by atoms with van der Waals surface area (Å²) in [6.45, 7) is 2.25. The van der Waals surface area contributed by atoms with Crippen molar-refractivity contribution in [1.82, 2.24) is 25.4 Å². The maximum atomic E-state index is 13.5. The van der Waals surface area contributed by atoms with E-state index in [1.807, 2.05) is 41.2 Å². The Morgan fingerprint density at radius 3 is 2.72 bits per heavy atom. The lowest BCUT2D eigenvalue weighted by molar-refractivity contribution is 0.0921. The van der Waals surface area contributed by atoms with Gasteiger partial charge in [0.25, 0.3) is 5.91 Å². The number of nitrogens with one attached hydrogen (secondary N) is 1. The van der Waals surface area contributed by atoms with Crippen molar-refractivity contribution in [2.24, 2.45) is 5.92 Å². The number of fused-ring (bicyclic) bond motifs is 1. The molecule has 0 saturated carbocycles. The molecule has 2 heterocycles. The van der Waals surface area contributed by atoms with Crippen LogP contribution in [0, 0.1) is 11.7 Å². The maximum absolute atomic E-state index is 13.5. The first-order chi connectivity index (χ1) is 17.6. The van der Waals surface area contributed by atoms with Crippen molar-refractivity contribution in [1.29, 1.82) is 0 Å².